The molecule has 24 heavy (non-hydrogen) atoms. The van der Waals surface area contributed by atoms with Crippen LogP contribution in [0.2, 0.25) is 0 Å². The number of ketones is 1. The molecule has 1 saturated carbocycles. The number of nitrogens with zero attached hydrogens (tertiary/aromatic N) is 1. The second-order valence-electron chi connectivity index (χ2n) is 6.93. The molecule has 0 amide bonds. The van der Waals surface area contributed by atoms with E-state index in [0.717, 1.165) is 18.4 Å². The third kappa shape index (κ3) is 3.11. The lowest BCUT2D eigenvalue weighted by Gasteiger charge is -2.17. The summed E-state index contributed by atoms with van der Waals surface area (Å²) in [4.78, 5) is 40.2. The molecule has 1 N–H and O–H groups in total. The minimum atomic E-state index is -0.493. The second-order valence-corrected chi connectivity index (χ2v) is 6.93. The van der Waals surface area contributed by atoms with Crippen molar-refractivity contribution in [1.82, 2.24) is 9.55 Å². The maximum absolute atomic E-state index is 13.1. The van der Waals surface area contributed by atoms with Crippen LogP contribution in [0.3, 0.4) is 0 Å². The Morgan fingerprint density at radius 3 is 2.58 bits per heavy atom. The maximum Gasteiger partial charge on any atom is 0.328 e. The normalized spacial score (nSPS) is 14.2. The Morgan fingerprint density at radius 1 is 1.29 bits per heavy atom. The van der Waals surface area contributed by atoms with Gasteiger partial charge < -0.3 is 0 Å². The lowest BCUT2D eigenvalue weighted by molar-refractivity contribution is 0.102. The first-order valence-corrected chi connectivity index (χ1v) is 8.37. The van der Waals surface area contributed by atoms with E-state index >= 15 is 0 Å². The molecule has 0 unspecified atom stereocenters. The number of aromatic amines is 1. The molecule has 0 saturated heterocycles. The average Bonchev–Trinajstić information content (AvgIpc) is 3.32. The van der Waals surface area contributed by atoms with Gasteiger partial charge in [-0.25, -0.2) is 4.79 Å². The van der Waals surface area contributed by atoms with E-state index in [1.165, 1.54) is 4.57 Å². The molecule has 1 aliphatic carbocycles. The van der Waals surface area contributed by atoms with Crippen molar-refractivity contribution >= 4 is 5.78 Å². The Bertz CT molecular complexity index is 902. The van der Waals surface area contributed by atoms with Crippen molar-refractivity contribution in [2.75, 3.05) is 0 Å². The number of hydrogen-bond acceptors (Lipinski definition) is 3. The zero-order valence-electron chi connectivity index (χ0n) is 14.3. The Morgan fingerprint density at radius 2 is 2.00 bits per heavy atom. The molecule has 0 radical (unpaired) electrons. The van der Waals surface area contributed by atoms with Gasteiger partial charge >= 0.3 is 5.69 Å². The molecule has 1 aliphatic rings. The number of aryl methyl sites for hydroxylation is 1. The van der Waals surface area contributed by atoms with E-state index in [0.29, 0.717) is 23.6 Å². The fraction of sp³-hybridized carbons (Fsp3) is 0.421. The monoisotopic (exact) mass is 326 g/mol. The maximum atomic E-state index is 13.1. The Labute approximate surface area is 140 Å². The summed E-state index contributed by atoms with van der Waals surface area (Å²) < 4.78 is 1.47. The summed E-state index contributed by atoms with van der Waals surface area (Å²) >= 11 is 0. The van der Waals surface area contributed by atoms with Gasteiger partial charge in [-0.15, -0.1) is 0 Å². The summed E-state index contributed by atoms with van der Waals surface area (Å²) in [6.45, 7) is 6.13. The molecule has 0 bridgehead atoms. The van der Waals surface area contributed by atoms with Crippen LogP contribution in [0, 0.1) is 12.8 Å². The number of nitrogens with one attached hydrogen (secondary N) is 1. The first-order chi connectivity index (χ1) is 11.4. The van der Waals surface area contributed by atoms with Crippen LogP contribution in [-0.2, 0) is 6.54 Å². The number of carbonyl (C=O) groups is 1. The van der Waals surface area contributed by atoms with Crippen molar-refractivity contribution < 1.29 is 4.79 Å². The largest absolute Gasteiger partial charge is 0.328 e. The van der Waals surface area contributed by atoms with E-state index < -0.39 is 11.2 Å². The standard InChI is InChI=1S/C19H22N2O3/c1-11(2)15-16(17(22)14-6-4-5-12(3)9-14)21(10-13-7-8-13)19(24)20-18(15)23/h4-6,9,11,13H,7-8,10H2,1-3H3,(H,20,23,24). The summed E-state index contributed by atoms with van der Waals surface area (Å²) in [5.74, 6) is 0.00693. The number of H-pyrrole nitrogens is 1. The fourth-order valence-corrected chi connectivity index (χ4v) is 3.02. The number of carbonyl (C=O) groups excluding carboxylic acids is 1. The zero-order valence-corrected chi connectivity index (χ0v) is 14.3. The van der Waals surface area contributed by atoms with Crippen LogP contribution in [-0.4, -0.2) is 15.3 Å². The highest BCUT2D eigenvalue weighted by Crippen LogP contribution is 2.31. The van der Waals surface area contributed by atoms with Gasteiger partial charge in [0.2, 0.25) is 5.78 Å². The van der Waals surface area contributed by atoms with Crippen molar-refractivity contribution in [1.29, 1.82) is 0 Å². The Kier molecular flexibility index (Phi) is 4.26. The summed E-state index contributed by atoms with van der Waals surface area (Å²) in [5, 5.41) is 0. The van der Waals surface area contributed by atoms with Crippen molar-refractivity contribution in [2.45, 2.75) is 46.1 Å². The van der Waals surface area contributed by atoms with Gasteiger partial charge in [0.1, 0.15) is 5.69 Å². The van der Waals surface area contributed by atoms with Gasteiger partial charge in [-0.2, -0.15) is 0 Å². The SMILES string of the molecule is Cc1cccc(C(=O)c2c(C(C)C)c(=O)[nH]c(=O)n2CC2CC2)c1. The first kappa shape index (κ1) is 16.4. The molecule has 5 nitrogen and oxygen atoms in total. The number of aromatic nitrogens is 2. The van der Waals surface area contributed by atoms with Crippen LogP contribution in [0.25, 0.3) is 0 Å². The quantitative estimate of drug-likeness (QED) is 0.859. The highest BCUT2D eigenvalue weighted by Gasteiger charge is 2.28. The zero-order chi connectivity index (χ0) is 17.4. The summed E-state index contributed by atoms with van der Waals surface area (Å²) in [7, 11) is 0. The molecule has 1 fully saturated rings. The number of hydrogen-bond donors (Lipinski definition) is 1. The van der Waals surface area contributed by atoms with E-state index in [1.807, 2.05) is 32.9 Å². The summed E-state index contributed by atoms with van der Waals surface area (Å²) in [5.41, 5.74) is 1.16. The van der Waals surface area contributed by atoms with Crippen LogP contribution < -0.4 is 11.2 Å². The minimum Gasteiger partial charge on any atom is -0.290 e. The molecule has 0 atom stereocenters. The van der Waals surface area contributed by atoms with Crippen LogP contribution in [0.15, 0.2) is 33.9 Å². The fourth-order valence-electron chi connectivity index (χ4n) is 3.02. The Balaban J connectivity index is 2.24. The Hall–Kier alpha value is -2.43. The van der Waals surface area contributed by atoms with Crippen LogP contribution in [0.4, 0.5) is 0 Å². The summed E-state index contributed by atoms with van der Waals surface area (Å²) in [6, 6.07) is 7.25. The van der Waals surface area contributed by atoms with E-state index in [4.69, 9.17) is 0 Å². The van der Waals surface area contributed by atoms with Crippen molar-refractivity contribution in [2.24, 2.45) is 5.92 Å². The lowest BCUT2D eigenvalue weighted by atomic mass is 9.96. The highest BCUT2D eigenvalue weighted by atomic mass is 16.2. The minimum absolute atomic E-state index is 0.149. The molecular formula is C19H22N2O3. The number of benzene rings is 1. The molecule has 2 aromatic rings. The first-order valence-electron chi connectivity index (χ1n) is 8.37. The van der Waals surface area contributed by atoms with Gasteiger partial charge in [0.05, 0.1) is 0 Å². The topological polar surface area (TPSA) is 71.9 Å². The molecule has 5 heteroatoms. The van der Waals surface area contributed by atoms with E-state index in [-0.39, 0.29) is 17.4 Å². The van der Waals surface area contributed by atoms with Gasteiger partial charge in [-0.3, -0.25) is 19.1 Å². The molecular weight excluding hydrogens is 304 g/mol. The third-order valence-corrected chi connectivity index (χ3v) is 4.45. The van der Waals surface area contributed by atoms with Crippen molar-refractivity contribution in [3.63, 3.8) is 0 Å². The predicted molar refractivity (Wildman–Crippen MR) is 92.7 cm³/mol. The van der Waals surface area contributed by atoms with Gasteiger partial charge in [0.25, 0.3) is 5.56 Å². The van der Waals surface area contributed by atoms with E-state index in [1.54, 1.807) is 12.1 Å². The summed E-state index contributed by atoms with van der Waals surface area (Å²) in [6.07, 6.45) is 2.11. The molecule has 126 valence electrons. The van der Waals surface area contributed by atoms with Gasteiger partial charge in [0, 0.05) is 17.7 Å². The second kappa shape index (κ2) is 6.23. The number of rotatable bonds is 5. The van der Waals surface area contributed by atoms with Gasteiger partial charge in [-0.1, -0.05) is 37.6 Å². The van der Waals surface area contributed by atoms with Crippen LogP contribution >= 0.6 is 0 Å². The van der Waals surface area contributed by atoms with Gasteiger partial charge in [-0.05, 0) is 37.7 Å². The molecule has 3 rings (SSSR count). The highest BCUT2D eigenvalue weighted by molar-refractivity contribution is 6.08. The van der Waals surface area contributed by atoms with Gasteiger partial charge in [0.15, 0.2) is 0 Å². The van der Waals surface area contributed by atoms with Crippen LogP contribution in [0.1, 0.15) is 59.8 Å². The third-order valence-electron chi connectivity index (χ3n) is 4.45. The predicted octanol–water partition coefficient (Wildman–Crippen LogP) is 2.61. The molecule has 1 aromatic heterocycles. The molecule has 1 aromatic carbocycles. The molecule has 1 heterocycles. The molecule has 0 spiro atoms. The van der Waals surface area contributed by atoms with Crippen LogP contribution in [0.5, 0.6) is 0 Å². The smallest absolute Gasteiger partial charge is 0.290 e. The lowest BCUT2D eigenvalue weighted by Crippen LogP contribution is -2.38. The van der Waals surface area contributed by atoms with Crippen molar-refractivity contribution in [3.8, 4) is 0 Å². The van der Waals surface area contributed by atoms with E-state index in [9.17, 15) is 14.4 Å². The van der Waals surface area contributed by atoms with E-state index in [2.05, 4.69) is 4.98 Å². The van der Waals surface area contributed by atoms with Crippen molar-refractivity contribution in [3.05, 3.63) is 67.5 Å². The molecule has 0 aliphatic heterocycles. The average molecular weight is 326 g/mol.